The molecule has 18 heavy (non-hydrogen) atoms. The maximum absolute atomic E-state index is 12.2. The van der Waals surface area contributed by atoms with Crippen molar-refractivity contribution in [1.29, 1.82) is 0 Å². The molecule has 0 bridgehead atoms. The number of rotatable bonds is 5. The predicted octanol–water partition coefficient (Wildman–Crippen LogP) is 4.11. The number of halogens is 3. The molecule has 6 heteroatoms. The molecule has 0 spiro atoms. The first-order chi connectivity index (χ1) is 8.44. The van der Waals surface area contributed by atoms with Crippen molar-refractivity contribution in [3.05, 3.63) is 34.0 Å². The monoisotopic (exact) mass is 323 g/mol. The van der Waals surface area contributed by atoms with Crippen LogP contribution in [0.2, 0.25) is 4.34 Å². The second-order valence-electron chi connectivity index (χ2n) is 4.23. The van der Waals surface area contributed by atoms with Crippen LogP contribution in [0.3, 0.4) is 0 Å². The van der Waals surface area contributed by atoms with Gasteiger partial charge in [0.15, 0.2) is 0 Å². The molecule has 0 N–H and O–H groups in total. The zero-order valence-corrected chi connectivity index (χ0v) is 12.6. The molecule has 1 aliphatic carbocycles. The van der Waals surface area contributed by atoms with Crippen molar-refractivity contribution < 1.29 is 4.79 Å². The van der Waals surface area contributed by atoms with E-state index in [1.165, 1.54) is 11.3 Å². The van der Waals surface area contributed by atoms with E-state index < -0.39 is 4.33 Å². The third-order valence-electron chi connectivity index (χ3n) is 2.76. The average Bonchev–Trinajstić information content (AvgIpc) is 2.73. The summed E-state index contributed by atoms with van der Waals surface area (Å²) in [5.41, 5.74) is 0. The predicted molar refractivity (Wildman–Crippen MR) is 77.5 cm³/mol. The van der Waals surface area contributed by atoms with Crippen LogP contribution in [-0.2, 0) is 11.3 Å². The van der Waals surface area contributed by atoms with Crippen LogP contribution in [0.5, 0.6) is 0 Å². The van der Waals surface area contributed by atoms with E-state index in [1.54, 1.807) is 11.0 Å². The van der Waals surface area contributed by atoms with Crippen molar-refractivity contribution in [3.63, 3.8) is 0 Å². The lowest BCUT2D eigenvalue weighted by atomic mass is 10.3. The van der Waals surface area contributed by atoms with E-state index in [0.29, 0.717) is 23.8 Å². The van der Waals surface area contributed by atoms with Gasteiger partial charge in [-0.15, -0.1) is 41.1 Å². The Balaban J connectivity index is 2.04. The van der Waals surface area contributed by atoms with Crippen molar-refractivity contribution in [2.75, 3.05) is 6.54 Å². The molecule has 0 aromatic carbocycles. The molecule has 1 atom stereocenters. The number of carbonyl (C=O) groups excluding carboxylic acids is 1. The third kappa shape index (κ3) is 3.21. The molecule has 2 nitrogen and oxygen atoms in total. The molecule has 0 saturated heterocycles. The smallest absolute Gasteiger partial charge is 0.229 e. The SMILES string of the molecule is C=CCN(Cc1ccc(Cl)s1)C(=O)C1CC1(Cl)Cl. The van der Waals surface area contributed by atoms with E-state index in [1.807, 2.05) is 12.1 Å². The molecule has 0 aliphatic heterocycles. The lowest BCUT2D eigenvalue weighted by molar-refractivity contribution is -0.132. The van der Waals surface area contributed by atoms with Gasteiger partial charge in [0.2, 0.25) is 5.91 Å². The minimum atomic E-state index is -0.885. The summed E-state index contributed by atoms with van der Waals surface area (Å²) >= 11 is 19.2. The Labute approximate surface area is 125 Å². The molecule has 1 aromatic heterocycles. The van der Waals surface area contributed by atoms with Crippen LogP contribution in [0, 0.1) is 5.92 Å². The van der Waals surface area contributed by atoms with Gasteiger partial charge in [0.25, 0.3) is 0 Å². The topological polar surface area (TPSA) is 20.3 Å². The van der Waals surface area contributed by atoms with E-state index in [9.17, 15) is 4.79 Å². The normalized spacial score (nSPS) is 20.5. The van der Waals surface area contributed by atoms with Gasteiger partial charge in [-0.2, -0.15) is 0 Å². The summed E-state index contributed by atoms with van der Waals surface area (Å²) in [5, 5.41) is 0. The maximum Gasteiger partial charge on any atom is 0.229 e. The number of hydrogen-bond donors (Lipinski definition) is 0. The fourth-order valence-corrected chi connectivity index (χ4v) is 3.31. The van der Waals surface area contributed by atoms with Crippen molar-refractivity contribution in [2.45, 2.75) is 17.3 Å². The number of hydrogen-bond acceptors (Lipinski definition) is 2. The molecular weight excluding hydrogens is 313 g/mol. The quantitative estimate of drug-likeness (QED) is 0.589. The summed E-state index contributed by atoms with van der Waals surface area (Å²) < 4.78 is -0.171. The van der Waals surface area contributed by atoms with Gasteiger partial charge < -0.3 is 4.90 Å². The van der Waals surface area contributed by atoms with E-state index >= 15 is 0 Å². The van der Waals surface area contributed by atoms with Crippen LogP contribution in [0.1, 0.15) is 11.3 Å². The van der Waals surface area contributed by atoms with Crippen molar-refractivity contribution in [3.8, 4) is 0 Å². The number of alkyl halides is 2. The molecule has 2 rings (SSSR count). The van der Waals surface area contributed by atoms with Crippen LogP contribution in [0.25, 0.3) is 0 Å². The van der Waals surface area contributed by atoms with Crippen molar-refractivity contribution in [1.82, 2.24) is 4.90 Å². The zero-order chi connectivity index (χ0) is 13.3. The second kappa shape index (κ2) is 5.41. The summed E-state index contributed by atoms with van der Waals surface area (Å²) in [6.07, 6.45) is 2.22. The third-order valence-corrected chi connectivity index (χ3v) is 4.81. The molecule has 0 radical (unpaired) electrons. The average molecular weight is 325 g/mol. The van der Waals surface area contributed by atoms with E-state index in [0.717, 1.165) is 4.88 Å². The highest BCUT2D eigenvalue weighted by Gasteiger charge is 2.57. The fourth-order valence-electron chi connectivity index (χ4n) is 1.71. The van der Waals surface area contributed by atoms with Gasteiger partial charge in [-0.3, -0.25) is 4.79 Å². The Morgan fingerprint density at radius 2 is 2.28 bits per heavy atom. The van der Waals surface area contributed by atoms with Crippen LogP contribution in [0.15, 0.2) is 24.8 Å². The largest absolute Gasteiger partial charge is 0.334 e. The van der Waals surface area contributed by atoms with E-state index in [2.05, 4.69) is 6.58 Å². The molecule has 98 valence electrons. The molecule has 1 aromatic rings. The van der Waals surface area contributed by atoms with E-state index in [-0.39, 0.29) is 11.8 Å². The Bertz CT molecular complexity index is 472. The summed E-state index contributed by atoms with van der Waals surface area (Å²) in [5.74, 6) is -0.319. The van der Waals surface area contributed by atoms with Gasteiger partial charge >= 0.3 is 0 Å². The Morgan fingerprint density at radius 1 is 1.61 bits per heavy atom. The number of amides is 1. The van der Waals surface area contributed by atoms with Crippen LogP contribution in [-0.4, -0.2) is 21.7 Å². The number of carbonyl (C=O) groups is 1. The second-order valence-corrected chi connectivity index (χ2v) is 7.57. The number of nitrogens with zero attached hydrogens (tertiary/aromatic N) is 1. The Hall–Kier alpha value is -0.220. The zero-order valence-electron chi connectivity index (χ0n) is 9.54. The standard InChI is InChI=1S/C12H12Cl3NOS/c1-2-5-16(7-8-3-4-10(13)18-8)11(17)9-6-12(9,14)15/h2-4,9H,1,5-7H2. The van der Waals surface area contributed by atoms with Gasteiger partial charge in [0.1, 0.15) is 4.33 Å². The van der Waals surface area contributed by atoms with Crippen LogP contribution in [0.4, 0.5) is 0 Å². The molecule has 1 fully saturated rings. The Morgan fingerprint density at radius 3 is 2.72 bits per heavy atom. The lowest BCUT2D eigenvalue weighted by Crippen LogP contribution is -2.32. The van der Waals surface area contributed by atoms with Gasteiger partial charge in [-0.05, 0) is 18.6 Å². The van der Waals surface area contributed by atoms with Gasteiger partial charge in [-0.25, -0.2) is 0 Å². The van der Waals surface area contributed by atoms with Crippen molar-refractivity contribution in [2.24, 2.45) is 5.92 Å². The highest BCUT2D eigenvalue weighted by Crippen LogP contribution is 2.54. The Kier molecular flexibility index (Phi) is 4.27. The minimum Gasteiger partial charge on any atom is -0.334 e. The summed E-state index contributed by atoms with van der Waals surface area (Å²) in [6.45, 7) is 4.66. The van der Waals surface area contributed by atoms with Crippen molar-refractivity contribution >= 4 is 52.0 Å². The van der Waals surface area contributed by atoms with Gasteiger partial charge in [0.05, 0.1) is 16.8 Å². The van der Waals surface area contributed by atoms with Crippen LogP contribution >= 0.6 is 46.1 Å². The van der Waals surface area contributed by atoms with Gasteiger partial charge in [0, 0.05) is 11.4 Å². The van der Waals surface area contributed by atoms with Gasteiger partial charge in [-0.1, -0.05) is 17.7 Å². The summed E-state index contributed by atoms with van der Waals surface area (Å²) in [4.78, 5) is 14.9. The first-order valence-corrected chi connectivity index (χ1v) is 7.41. The van der Waals surface area contributed by atoms with Crippen LogP contribution < -0.4 is 0 Å². The lowest BCUT2D eigenvalue weighted by Gasteiger charge is -2.20. The highest BCUT2D eigenvalue weighted by molar-refractivity contribution is 7.16. The molecule has 1 heterocycles. The summed E-state index contributed by atoms with van der Waals surface area (Å²) in [6, 6.07) is 3.74. The van der Waals surface area contributed by atoms with E-state index in [4.69, 9.17) is 34.8 Å². The fraction of sp³-hybridized carbons (Fsp3) is 0.417. The minimum absolute atomic E-state index is 0.0237. The molecule has 1 unspecified atom stereocenters. The first-order valence-electron chi connectivity index (χ1n) is 5.46. The molecule has 1 amide bonds. The molecular formula is C12H12Cl3NOS. The maximum atomic E-state index is 12.2. The first kappa shape index (κ1) is 14.2. The molecule has 1 saturated carbocycles. The molecule has 1 aliphatic rings. The highest BCUT2D eigenvalue weighted by atomic mass is 35.5. The summed E-state index contributed by atoms with van der Waals surface area (Å²) in [7, 11) is 0. The number of thiophene rings is 1.